The average Bonchev–Trinajstić information content (AvgIpc) is 3.82. The first-order valence-electron chi connectivity index (χ1n) is 21.1. The maximum absolute atomic E-state index is 14.6. The minimum Gasteiger partial charge on any atom is -0.486 e. The number of carbonyl (C=O) groups excluding carboxylic acids is 6. The van der Waals surface area contributed by atoms with Crippen LogP contribution in [0.3, 0.4) is 0 Å². The lowest BCUT2D eigenvalue weighted by Gasteiger charge is -2.26. The van der Waals surface area contributed by atoms with Crippen molar-refractivity contribution in [1.82, 2.24) is 16.0 Å². The van der Waals surface area contributed by atoms with Gasteiger partial charge in [0.15, 0.2) is 11.6 Å². The van der Waals surface area contributed by atoms with Crippen LogP contribution in [0.5, 0.6) is 5.75 Å². The SMILES string of the molecule is COC(=O)[C@H](CC(=O)O)NC(=O)[C@H]1CC(=O)[C@@H](CCc2ccccc2)NC(=O)[C@H](Cc2ccc(-c3ccccc3)cc2)NC(=O)[C@@H](Cc2cccs2)CC(=O)COc2ccc(cc2)C1. The maximum Gasteiger partial charge on any atom is 0.328 e. The van der Waals surface area contributed by atoms with Crippen LogP contribution in [-0.4, -0.2) is 78.2 Å². The standard InChI is InChI=1S/C50H51N3O10S/c1-62-50(61)44(30-46(56)57)53-47(58)37-25-33-16-21-40(22-17-33)63-31-39(54)27-38(28-41-13-8-24-64-41)48(59)52-43(26-34-14-19-36(20-15-34)35-11-6-3-7-12-35)49(60)51-42(45(55)29-37)23-18-32-9-4-2-5-10-32/h2-17,19-22,24,37-38,42-44H,18,23,25-31H2,1H3,(H,51,60)(H,52,59)(H,53,58)(H,56,57)/t37-,38-,42-,43+,44+/m1/s1. The number of fused-ring (bicyclic) bond motifs is 16. The zero-order valence-corrected chi connectivity index (χ0v) is 36.2. The van der Waals surface area contributed by atoms with Crippen LogP contribution in [0.2, 0.25) is 0 Å². The summed E-state index contributed by atoms with van der Waals surface area (Å²) in [6.45, 7) is -0.327. The van der Waals surface area contributed by atoms with E-state index < -0.39 is 78.2 Å². The molecule has 64 heavy (non-hydrogen) atoms. The summed E-state index contributed by atoms with van der Waals surface area (Å²) in [6.07, 6.45) is -0.523. The topological polar surface area (TPSA) is 194 Å². The van der Waals surface area contributed by atoms with Gasteiger partial charge < -0.3 is 30.5 Å². The van der Waals surface area contributed by atoms with Gasteiger partial charge in [-0.1, -0.05) is 103 Å². The molecule has 3 heterocycles. The van der Waals surface area contributed by atoms with Crippen molar-refractivity contribution >= 4 is 52.6 Å². The van der Waals surface area contributed by atoms with Crippen LogP contribution in [0.25, 0.3) is 11.1 Å². The Morgan fingerprint density at radius 2 is 1.42 bits per heavy atom. The van der Waals surface area contributed by atoms with Crippen molar-refractivity contribution in [3.63, 3.8) is 0 Å². The molecule has 2 bridgehead atoms. The minimum absolute atomic E-state index is 0.0147. The molecule has 1 aromatic heterocycles. The number of nitrogens with one attached hydrogen (secondary N) is 3. The number of hydrogen-bond acceptors (Lipinski definition) is 10. The van der Waals surface area contributed by atoms with Gasteiger partial charge in [0, 0.05) is 36.0 Å². The Morgan fingerprint density at radius 1 is 0.750 bits per heavy atom. The molecular weight excluding hydrogens is 835 g/mol. The third-order valence-corrected chi connectivity index (χ3v) is 12.0. The largest absolute Gasteiger partial charge is 0.486 e. The summed E-state index contributed by atoms with van der Waals surface area (Å²) in [4.78, 5) is 96.1. The molecule has 0 aliphatic carbocycles. The fourth-order valence-electron chi connectivity index (χ4n) is 7.62. The van der Waals surface area contributed by atoms with Crippen LogP contribution in [0, 0.1) is 11.8 Å². The summed E-state index contributed by atoms with van der Waals surface area (Å²) in [6, 6.07) is 33.2. The summed E-state index contributed by atoms with van der Waals surface area (Å²) >= 11 is 1.45. The zero-order valence-electron chi connectivity index (χ0n) is 35.4. The Balaban J connectivity index is 1.36. The summed E-state index contributed by atoms with van der Waals surface area (Å²) in [7, 11) is 1.07. The molecule has 2 aliphatic rings. The van der Waals surface area contributed by atoms with Gasteiger partial charge in [0.2, 0.25) is 17.7 Å². The number of ether oxygens (including phenoxy) is 2. The number of aliphatic carboxylic acids is 1. The number of hydrogen-bond donors (Lipinski definition) is 4. The number of carboxylic acid groups (broad SMARTS) is 1. The summed E-state index contributed by atoms with van der Waals surface area (Å²) < 4.78 is 10.6. The first-order valence-corrected chi connectivity index (χ1v) is 22.0. The summed E-state index contributed by atoms with van der Waals surface area (Å²) in [5.41, 5.74) is 4.19. The van der Waals surface area contributed by atoms with E-state index in [2.05, 4.69) is 16.0 Å². The molecule has 0 radical (unpaired) electrons. The molecule has 332 valence electrons. The minimum atomic E-state index is -1.53. The maximum atomic E-state index is 14.6. The number of Topliss-reactive ketones (excluding diaryl/α,β-unsaturated/α-hetero) is 2. The van der Waals surface area contributed by atoms with Crippen molar-refractivity contribution in [3.8, 4) is 16.9 Å². The van der Waals surface area contributed by atoms with Gasteiger partial charge in [-0.3, -0.25) is 28.8 Å². The number of benzene rings is 4. The molecule has 4 aromatic carbocycles. The van der Waals surface area contributed by atoms with Crippen molar-refractivity contribution in [1.29, 1.82) is 0 Å². The molecule has 0 unspecified atom stereocenters. The monoisotopic (exact) mass is 885 g/mol. The second-order valence-electron chi connectivity index (χ2n) is 15.8. The molecule has 13 nitrogen and oxygen atoms in total. The smallest absolute Gasteiger partial charge is 0.328 e. The number of methoxy groups -OCH3 is 1. The van der Waals surface area contributed by atoms with Gasteiger partial charge in [-0.05, 0) is 77.1 Å². The number of aryl methyl sites for hydroxylation is 1. The van der Waals surface area contributed by atoms with Crippen LogP contribution in [0.1, 0.15) is 47.3 Å². The number of carboxylic acids is 1. The lowest BCUT2D eigenvalue weighted by atomic mass is 9.89. The highest BCUT2D eigenvalue weighted by atomic mass is 32.1. The first kappa shape index (κ1) is 46.6. The lowest BCUT2D eigenvalue weighted by molar-refractivity contribution is -0.150. The Hall–Kier alpha value is -6.93. The van der Waals surface area contributed by atoms with E-state index in [-0.39, 0.29) is 44.5 Å². The fraction of sp³-hybridized carbons (Fsp3) is 0.300. The second kappa shape index (κ2) is 23.0. The van der Waals surface area contributed by atoms with Crippen LogP contribution in [-0.2, 0) is 64.0 Å². The molecule has 0 fully saturated rings. The van der Waals surface area contributed by atoms with Crippen LogP contribution in [0.15, 0.2) is 127 Å². The van der Waals surface area contributed by atoms with Crippen molar-refractivity contribution in [2.24, 2.45) is 11.8 Å². The Labute approximate surface area is 375 Å². The first-order chi connectivity index (χ1) is 30.9. The lowest BCUT2D eigenvalue weighted by Crippen LogP contribution is -2.54. The van der Waals surface area contributed by atoms with Crippen molar-refractivity contribution < 1.29 is 48.1 Å². The number of esters is 1. The predicted octanol–water partition coefficient (Wildman–Crippen LogP) is 5.72. The van der Waals surface area contributed by atoms with Gasteiger partial charge in [0.1, 0.15) is 24.4 Å². The Morgan fingerprint density at radius 3 is 2.08 bits per heavy atom. The van der Waals surface area contributed by atoms with E-state index in [4.69, 9.17) is 9.47 Å². The van der Waals surface area contributed by atoms with Gasteiger partial charge in [0.05, 0.1) is 19.6 Å². The van der Waals surface area contributed by atoms with Crippen LogP contribution in [0.4, 0.5) is 0 Å². The highest BCUT2D eigenvalue weighted by Gasteiger charge is 2.34. The number of rotatable bonds is 13. The molecule has 5 aromatic rings. The van der Waals surface area contributed by atoms with Crippen LogP contribution >= 0.6 is 11.3 Å². The number of ketones is 2. The molecule has 0 spiro atoms. The summed E-state index contributed by atoms with van der Waals surface area (Å²) in [5.74, 6) is -6.69. The van der Waals surface area contributed by atoms with Crippen molar-refractivity contribution in [3.05, 3.63) is 148 Å². The highest BCUT2D eigenvalue weighted by Crippen LogP contribution is 2.24. The molecule has 7 rings (SSSR count). The quantitative estimate of drug-likeness (QED) is 0.106. The Bertz CT molecular complexity index is 2370. The van der Waals surface area contributed by atoms with Gasteiger partial charge >= 0.3 is 11.9 Å². The second-order valence-corrected chi connectivity index (χ2v) is 16.9. The molecule has 2 aliphatic heterocycles. The third-order valence-electron chi connectivity index (χ3n) is 11.1. The number of thiophene rings is 1. The highest BCUT2D eigenvalue weighted by molar-refractivity contribution is 7.09. The van der Waals surface area contributed by atoms with E-state index in [0.717, 1.165) is 34.2 Å². The van der Waals surface area contributed by atoms with E-state index in [9.17, 15) is 38.7 Å². The van der Waals surface area contributed by atoms with Gasteiger partial charge in [0.25, 0.3) is 0 Å². The normalized spacial score (nSPS) is 19.1. The van der Waals surface area contributed by atoms with E-state index >= 15 is 0 Å². The molecule has 5 atom stereocenters. The average molecular weight is 886 g/mol. The van der Waals surface area contributed by atoms with Gasteiger partial charge in [-0.25, -0.2) is 4.79 Å². The Kier molecular flexibility index (Phi) is 16.7. The predicted molar refractivity (Wildman–Crippen MR) is 240 cm³/mol. The molecule has 0 saturated carbocycles. The van der Waals surface area contributed by atoms with E-state index in [1.165, 1.54) is 11.3 Å². The van der Waals surface area contributed by atoms with Crippen molar-refractivity contribution in [2.75, 3.05) is 13.7 Å². The molecule has 0 saturated heterocycles. The molecule has 3 amide bonds. The molecule has 4 N–H and O–H groups in total. The van der Waals surface area contributed by atoms with Crippen LogP contribution < -0.4 is 20.7 Å². The van der Waals surface area contributed by atoms with Crippen molar-refractivity contribution in [2.45, 2.75) is 69.5 Å². The van der Waals surface area contributed by atoms with Gasteiger partial charge in [-0.15, -0.1) is 11.3 Å². The fourth-order valence-corrected chi connectivity index (χ4v) is 8.40. The van der Waals surface area contributed by atoms with E-state index in [1.54, 1.807) is 24.3 Å². The number of amides is 3. The van der Waals surface area contributed by atoms with E-state index in [0.29, 0.717) is 17.7 Å². The van der Waals surface area contributed by atoms with E-state index in [1.807, 2.05) is 102 Å². The molecule has 14 heteroatoms. The number of carbonyl (C=O) groups is 7. The third kappa shape index (κ3) is 13.8. The zero-order chi connectivity index (χ0) is 45.4. The van der Waals surface area contributed by atoms with Gasteiger partial charge in [-0.2, -0.15) is 0 Å². The molecular formula is C50H51N3O10S. The summed E-state index contributed by atoms with van der Waals surface area (Å²) in [5, 5.41) is 19.7.